The van der Waals surface area contributed by atoms with Crippen LogP contribution in [0, 0.1) is 18.8 Å². The molecule has 3 N–H and O–H groups in total. The van der Waals surface area contributed by atoms with Crippen LogP contribution in [0.1, 0.15) is 21.7 Å². The number of anilines is 1. The van der Waals surface area contributed by atoms with Gasteiger partial charge in [-0.2, -0.15) is 0 Å². The van der Waals surface area contributed by atoms with Gasteiger partial charge in [0.1, 0.15) is 0 Å². The number of hydrogen-bond donors (Lipinski definition) is 2. The molecule has 0 unspecified atom stereocenters. The largest absolute Gasteiger partial charge is 0.351 e. The standard InChI is InChI=1S/C14H12ClN3O2/c1-9-8-17-20-13(9)14(19)18-11-4-5-12(15)10(7-11)3-2-6-16/h4-5,7-8H,6,16H2,1H3,(H,18,19). The molecule has 1 aromatic heterocycles. The van der Waals surface area contributed by atoms with Crippen LogP contribution in [0.25, 0.3) is 0 Å². The summed E-state index contributed by atoms with van der Waals surface area (Å²) in [6.45, 7) is 1.98. The molecule has 0 atom stereocenters. The van der Waals surface area contributed by atoms with Crippen LogP contribution < -0.4 is 11.1 Å². The second kappa shape index (κ2) is 6.24. The number of hydrogen-bond acceptors (Lipinski definition) is 4. The molecule has 0 saturated heterocycles. The Morgan fingerprint density at radius 2 is 2.35 bits per heavy atom. The average molecular weight is 290 g/mol. The van der Waals surface area contributed by atoms with E-state index in [9.17, 15) is 4.79 Å². The summed E-state index contributed by atoms with van der Waals surface area (Å²) in [6.07, 6.45) is 1.48. The lowest BCUT2D eigenvalue weighted by Gasteiger charge is -2.05. The first kappa shape index (κ1) is 14.1. The van der Waals surface area contributed by atoms with Gasteiger partial charge in [0.15, 0.2) is 0 Å². The molecule has 0 spiro atoms. The van der Waals surface area contributed by atoms with Crippen LogP contribution >= 0.6 is 11.6 Å². The molecule has 6 heteroatoms. The maximum Gasteiger partial charge on any atom is 0.294 e. The highest BCUT2D eigenvalue weighted by atomic mass is 35.5. The number of nitrogens with one attached hydrogen (secondary N) is 1. The molecule has 2 rings (SSSR count). The number of benzene rings is 1. The highest BCUT2D eigenvalue weighted by Crippen LogP contribution is 2.20. The molecule has 0 aliphatic heterocycles. The molecule has 0 fully saturated rings. The highest BCUT2D eigenvalue weighted by molar-refractivity contribution is 6.31. The van der Waals surface area contributed by atoms with Gasteiger partial charge >= 0.3 is 0 Å². The molecule has 1 aromatic carbocycles. The topological polar surface area (TPSA) is 81.2 Å². The van der Waals surface area contributed by atoms with Gasteiger partial charge in [-0.25, -0.2) is 0 Å². The quantitative estimate of drug-likeness (QED) is 0.831. The summed E-state index contributed by atoms with van der Waals surface area (Å²) in [5, 5.41) is 6.76. The molecule has 0 radical (unpaired) electrons. The maximum atomic E-state index is 12.0. The molecule has 1 heterocycles. The Morgan fingerprint density at radius 1 is 1.55 bits per heavy atom. The lowest BCUT2D eigenvalue weighted by molar-refractivity contribution is 0.0987. The van der Waals surface area contributed by atoms with E-state index >= 15 is 0 Å². The molecule has 20 heavy (non-hydrogen) atoms. The summed E-state index contributed by atoms with van der Waals surface area (Å²) in [4.78, 5) is 12.0. The third-order valence-corrected chi connectivity index (χ3v) is 2.83. The van der Waals surface area contributed by atoms with Crippen LogP contribution in [-0.4, -0.2) is 17.6 Å². The van der Waals surface area contributed by atoms with Crippen LogP contribution in [-0.2, 0) is 0 Å². The number of carbonyl (C=O) groups is 1. The zero-order chi connectivity index (χ0) is 14.5. The fourth-order valence-corrected chi connectivity index (χ4v) is 1.71. The van der Waals surface area contributed by atoms with Crippen LogP contribution in [0.5, 0.6) is 0 Å². The molecule has 102 valence electrons. The molecule has 0 aliphatic carbocycles. The first-order valence-corrected chi connectivity index (χ1v) is 6.20. The Bertz CT molecular complexity index is 698. The van der Waals surface area contributed by atoms with Gasteiger partial charge in [-0.05, 0) is 25.1 Å². The zero-order valence-electron chi connectivity index (χ0n) is 10.7. The summed E-state index contributed by atoms with van der Waals surface area (Å²) in [5.41, 5.74) is 7.15. The molecule has 0 saturated carbocycles. The summed E-state index contributed by atoms with van der Waals surface area (Å²) >= 11 is 6.01. The van der Waals surface area contributed by atoms with Crippen molar-refractivity contribution in [3.05, 3.63) is 46.3 Å². The fraction of sp³-hybridized carbons (Fsp3) is 0.143. The van der Waals surface area contributed by atoms with Crippen molar-refractivity contribution in [1.82, 2.24) is 5.16 Å². The number of aryl methyl sites for hydroxylation is 1. The van der Waals surface area contributed by atoms with Gasteiger partial charge < -0.3 is 15.6 Å². The fourth-order valence-electron chi connectivity index (χ4n) is 1.54. The Balaban J connectivity index is 2.22. The number of halogens is 1. The number of carbonyl (C=O) groups excluding carboxylic acids is 1. The van der Waals surface area contributed by atoms with Crippen molar-refractivity contribution < 1.29 is 9.32 Å². The van der Waals surface area contributed by atoms with E-state index in [0.29, 0.717) is 21.8 Å². The number of nitrogens with zero attached hydrogens (tertiary/aromatic N) is 1. The van der Waals surface area contributed by atoms with Gasteiger partial charge in [0.25, 0.3) is 5.91 Å². The molecular formula is C14H12ClN3O2. The second-order valence-corrected chi connectivity index (χ2v) is 4.40. The monoisotopic (exact) mass is 289 g/mol. The second-order valence-electron chi connectivity index (χ2n) is 3.99. The van der Waals surface area contributed by atoms with E-state index in [2.05, 4.69) is 22.3 Å². The van der Waals surface area contributed by atoms with Gasteiger partial charge in [-0.15, -0.1) is 0 Å². The van der Waals surface area contributed by atoms with E-state index in [1.807, 2.05) is 0 Å². The smallest absolute Gasteiger partial charge is 0.294 e. The van der Waals surface area contributed by atoms with Crippen molar-refractivity contribution in [2.75, 3.05) is 11.9 Å². The number of amides is 1. The van der Waals surface area contributed by atoms with Crippen molar-refractivity contribution >= 4 is 23.2 Å². The van der Waals surface area contributed by atoms with Crippen LogP contribution in [0.15, 0.2) is 28.9 Å². The van der Waals surface area contributed by atoms with Crippen LogP contribution in [0.4, 0.5) is 5.69 Å². The predicted molar refractivity (Wildman–Crippen MR) is 76.6 cm³/mol. The minimum absolute atomic E-state index is 0.176. The number of nitrogens with two attached hydrogens (primary N) is 1. The minimum Gasteiger partial charge on any atom is -0.351 e. The molecule has 0 bridgehead atoms. The molecule has 1 amide bonds. The third kappa shape index (κ3) is 3.18. The Labute approximate surface area is 121 Å². The average Bonchev–Trinajstić information content (AvgIpc) is 2.85. The minimum atomic E-state index is -0.375. The van der Waals surface area contributed by atoms with E-state index in [1.165, 1.54) is 6.20 Å². The van der Waals surface area contributed by atoms with Crippen molar-refractivity contribution in [3.8, 4) is 11.8 Å². The molecular weight excluding hydrogens is 278 g/mol. The van der Waals surface area contributed by atoms with E-state index in [-0.39, 0.29) is 18.2 Å². The Morgan fingerprint density at radius 3 is 3.00 bits per heavy atom. The van der Waals surface area contributed by atoms with E-state index < -0.39 is 0 Å². The van der Waals surface area contributed by atoms with E-state index in [0.717, 1.165) is 0 Å². The third-order valence-electron chi connectivity index (χ3n) is 2.50. The lowest BCUT2D eigenvalue weighted by Crippen LogP contribution is -2.12. The number of aromatic nitrogens is 1. The zero-order valence-corrected chi connectivity index (χ0v) is 11.5. The van der Waals surface area contributed by atoms with Gasteiger partial charge in [0.2, 0.25) is 5.76 Å². The van der Waals surface area contributed by atoms with Gasteiger partial charge in [-0.3, -0.25) is 4.79 Å². The molecule has 5 nitrogen and oxygen atoms in total. The van der Waals surface area contributed by atoms with E-state index in [1.54, 1.807) is 25.1 Å². The Hall–Kier alpha value is -2.29. The summed E-state index contributed by atoms with van der Waals surface area (Å²) in [6, 6.07) is 5.01. The van der Waals surface area contributed by atoms with Gasteiger partial charge in [0, 0.05) is 16.8 Å². The lowest BCUT2D eigenvalue weighted by atomic mass is 10.2. The summed E-state index contributed by atoms with van der Waals surface area (Å²) in [7, 11) is 0. The van der Waals surface area contributed by atoms with Crippen LogP contribution in [0.2, 0.25) is 5.02 Å². The van der Waals surface area contributed by atoms with Crippen molar-refractivity contribution in [2.24, 2.45) is 5.73 Å². The van der Waals surface area contributed by atoms with Crippen molar-refractivity contribution in [1.29, 1.82) is 0 Å². The normalized spacial score (nSPS) is 9.75. The van der Waals surface area contributed by atoms with Gasteiger partial charge in [0.05, 0.1) is 17.8 Å². The first-order valence-electron chi connectivity index (χ1n) is 5.83. The first-order chi connectivity index (χ1) is 9.61. The molecule has 2 aromatic rings. The SMILES string of the molecule is Cc1cnoc1C(=O)Nc1ccc(Cl)c(C#CCN)c1. The van der Waals surface area contributed by atoms with Crippen molar-refractivity contribution in [2.45, 2.75) is 6.92 Å². The Kier molecular flexibility index (Phi) is 4.41. The summed E-state index contributed by atoms with van der Waals surface area (Å²) < 4.78 is 4.88. The maximum absolute atomic E-state index is 12.0. The van der Waals surface area contributed by atoms with Crippen LogP contribution in [0.3, 0.4) is 0 Å². The van der Waals surface area contributed by atoms with Crippen molar-refractivity contribution in [3.63, 3.8) is 0 Å². The summed E-state index contributed by atoms with van der Waals surface area (Å²) in [5.74, 6) is 5.35. The van der Waals surface area contributed by atoms with E-state index in [4.69, 9.17) is 21.9 Å². The van der Waals surface area contributed by atoms with Gasteiger partial charge in [-0.1, -0.05) is 28.6 Å². The molecule has 0 aliphatic rings. The highest BCUT2D eigenvalue weighted by Gasteiger charge is 2.14. The predicted octanol–water partition coefficient (Wildman–Crippen LogP) is 2.20. The number of rotatable bonds is 2.